The predicted octanol–water partition coefficient (Wildman–Crippen LogP) is 1.86. The lowest BCUT2D eigenvalue weighted by molar-refractivity contribution is 0.0629. The van der Waals surface area contributed by atoms with Crippen molar-refractivity contribution in [1.82, 2.24) is 24.7 Å². The van der Waals surface area contributed by atoms with Gasteiger partial charge in [0.05, 0.1) is 11.4 Å². The lowest BCUT2D eigenvalue weighted by Gasteiger charge is -2.34. The predicted molar refractivity (Wildman–Crippen MR) is 98.7 cm³/mol. The Bertz CT molecular complexity index is 725. The molecule has 1 atom stereocenters. The summed E-state index contributed by atoms with van der Waals surface area (Å²) in [6.07, 6.45) is 6.22. The van der Waals surface area contributed by atoms with Crippen molar-refractivity contribution in [3.05, 3.63) is 40.1 Å². The summed E-state index contributed by atoms with van der Waals surface area (Å²) in [4.78, 5) is 23.7. The molecule has 2 aliphatic heterocycles. The van der Waals surface area contributed by atoms with Crippen molar-refractivity contribution in [3.8, 4) is 0 Å². The quantitative estimate of drug-likeness (QED) is 0.905. The van der Waals surface area contributed by atoms with Gasteiger partial charge in [-0.25, -0.2) is 4.98 Å². The maximum Gasteiger partial charge on any atom is 0.264 e. The molecule has 6 nitrogen and oxygen atoms in total. The SMILES string of the molecule is Cn1ccnc1CN1CCN(C(=O)c2ccc([C@H]3CCCN3)s2)CC1. The zero-order valence-corrected chi connectivity index (χ0v) is 15.5. The molecule has 2 aromatic heterocycles. The van der Waals surface area contributed by atoms with Gasteiger partial charge >= 0.3 is 0 Å². The van der Waals surface area contributed by atoms with Crippen molar-refractivity contribution in [2.45, 2.75) is 25.4 Å². The fraction of sp³-hybridized carbons (Fsp3) is 0.556. The lowest BCUT2D eigenvalue weighted by Crippen LogP contribution is -2.48. The van der Waals surface area contributed by atoms with E-state index in [1.807, 2.05) is 30.4 Å². The van der Waals surface area contributed by atoms with E-state index in [0.717, 1.165) is 50.0 Å². The molecule has 4 rings (SSSR count). The summed E-state index contributed by atoms with van der Waals surface area (Å²) in [6, 6.07) is 4.57. The Balaban J connectivity index is 1.32. The molecule has 0 aliphatic carbocycles. The largest absolute Gasteiger partial charge is 0.337 e. The molecule has 0 spiro atoms. The van der Waals surface area contributed by atoms with Crippen molar-refractivity contribution in [2.75, 3.05) is 32.7 Å². The number of aromatic nitrogens is 2. The Morgan fingerprint density at radius 2 is 2.16 bits per heavy atom. The van der Waals surface area contributed by atoms with Crippen LogP contribution in [-0.2, 0) is 13.6 Å². The molecule has 7 heteroatoms. The molecule has 2 saturated heterocycles. The van der Waals surface area contributed by atoms with E-state index in [2.05, 4.69) is 25.8 Å². The Hall–Kier alpha value is -1.70. The van der Waals surface area contributed by atoms with E-state index in [0.29, 0.717) is 6.04 Å². The van der Waals surface area contributed by atoms with Gasteiger partial charge in [-0.15, -0.1) is 11.3 Å². The monoisotopic (exact) mass is 359 g/mol. The minimum atomic E-state index is 0.186. The second kappa shape index (κ2) is 7.27. The molecule has 25 heavy (non-hydrogen) atoms. The standard InChI is InChI=1S/C18H25N5OS/c1-21-8-7-20-17(21)13-22-9-11-23(12-10-22)18(24)16-5-4-15(25-16)14-3-2-6-19-14/h4-5,7-8,14,19H,2-3,6,9-13H2,1H3/t14-/m1/s1. The molecule has 2 fully saturated rings. The molecule has 0 radical (unpaired) electrons. The van der Waals surface area contributed by atoms with Crippen molar-refractivity contribution >= 4 is 17.2 Å². The van der Waals surface area contributed by atoms with Gasteiger partial charge in [0.25, 0.3) is 5.91 Å². The highest BCUT2D eigenvalue weighted by Crippen LogP contribution is 2.30. The zero-order chi connectivity index (χ0) is 17.2. The number of carbonyl (C=O) groups excluding carboxylic acids is 1. The Labute approximate surface area is 152 Å². The van der Waals surface area contributed by atoms with Crippen molar-refractivity contribution in [3.63, 3.8) is 0 Å². The molecular formula is C18H25N5OS. The first kappa shape index (κ1) is 16.8. The van der Waals surface area contributed by atoms with E-state index in [4.69, 9.17) is 0 Å². The smallest absolute Gasteiger partial charge is 0.264 e. The number of thiophene rings is 1. The van der Waals surface area contributed by atoms with Crippen molar-refractivity contribution in [1.29, 1.82) is 0 Å². The third kappa shape index (κ3) is 3.63. The summed E-state index contributed by atoms with van der Waals surface area (Å²) in [5.41, 5.74) is 0. The van der Waals surface area contributed by atoms with Gasteiger partial charge in [-0.1, -0.05) is 0 Å². The summed E-state index contributed by atoms with van der Waals surface area (Å²) in [6.45, 7) is 5.32. The topological polar surface area (TPSA) is 53.4 Å². The van der Waals surface area contributed by atoms with Crippen LogP contribution < -0.4 is 5.32 Å². The maximum atomic E-state index is 12.8. The summed E-state index contributed by atoms with van der Waals surface area (Å²) in [7, 11) is 2.02. The Kier molecular flexibility index (Phi) is 4.87. The van der Waals surface area contributed by atoms with E-state index in [-0.39, 0.29) is 5.91 Å². The fourth-order valence-electron chi connectivity index (χ4n) is 3.60. The first-order chi connectivity index (χ1) is 12.2. The van der Waals surface area contributed by atoms with Crippen LogP contribution in [-0.4, -0.2) is 58.0 Å². The molecule has 2 aliphatic rings. The van der Waals surface area contributed by atoms with Gasteiger partial charge in [-0.2, -0.15) is 0 Å². The number of hydrogen-bond acceptors (Lipinski definition) is 5. The van der Waals surface area contributed by atoms with Crippen LogP contribution in [0.3, 0.4) is 0 Å². The van der Waals surface area contributed by atoms with Crippen LogP contribution >= 0.6 is 11.3 Å². The van der Waals surface area contributed by atoms with Gasteiger partial charge in [-0.3, -0.25) is 9.69 Å². The van der Waals surface area contributed by atoms with Crippen LogP contribution in [0.4, 0.5) is 0 Å². The average Bonchev–Trinajstić information content (AvgIpc) is 3.37. The number of nitrogens with one attached hydrogen (secondary N) is 1. The second-order valence-electron chi connectivity index (χ2n) is 6.87. The number of aryl methyl sites for hydroxylation is 1. The molecule has 0 bridgehead atoms. The van der Waals surface area contributed by atoms with Gasteiger partial charge in [0.2, 0.25) is 0 Å². The van der Waals surface area contributed by atoms with E-state index >= 15 is 0 Å². The summed E-state index contributed by atoms with van der Waals surface area (Å²) < 4.78 is 2.06. The number of imidazole rings is 1. The highest BCUT2D eigenvalue weighted by atomic mass is 32.1. The van der Waals surface area contributed by atoms with Crippen LogP contribution in [0.2, 0.25) is 0 Å². The van der Waals surface area contributed by atoms with E-state index in [1.54, 1.807) is 11.3 Å². The Morgan fingerprint density at radius 3 is 2.84 bits per heavy atom. The van der Waals surface area contributed by atoms with Crippen LogP contribution in [0, 0.1) is 0 Å². The lowest BCUT2D eigenvalue weighted by atomic mass is 10.2. The summed E-state index contributed by atoms with van der Waals surface area (Å²) >= 11 is 1.66. The second-order valence-corrected chi connectivity index (χ2v) is 7.99. The number of carbonyl (C=O) groups is 1. The first-order valence-electron chi connectivity index (χ1n) is 9.01. The average molecular weight is 359 g/mol. The van der Waals surface area contributed by atoms with E-state index in [1.165, 1.54) is 17.7 Å². The number of rotatable bonds is 4. The number of nitrogens with zero attached hydrogens (tertiary/aromatic N) is 4. The molecule has 1 amide bonds. The first-order valence-corrected chi connectivity index (χ1v) is 9.83. The molecule has 0 unspecified atom stereocenters. The Morgan fingerprint density at radius 1 is 1.32 bits per heavy atom. The zero-order valence-electron chi connectivity index (χ0n) is 14.6. The van der Waals surface area contributed by atoms with Crippen LogP contribution in [0.1, 0.15) is 39.3 Å². The number of amides is 1. The third-order valence-electron chi connectivity index (χ3n) is 5.19. The molecule has 2 aromatic rings. The van der Waals surface area contributed by atoms with E-state index < -0.39 is 0 Å². The number of hydrogen-bond donors (Lipinski definition) is 1. The molecule has 0 aromatic carbocycles. The van der Waals surface area contributed by atoms with Crippen LogP contribution in [0.15, 0.2) is 24.5 Å². The normalized spacial score (nSPS) is 21.8. The summed E-state index contributed by atoms with van der Waals surface area (Å²) in [5.74, 6) is 1.26. The fourth-order valence-corrected chi connectivity index (χ4v) is 4.68. The highest BCUT2D eigenvalue weighted by molar-refractivity contribution is 7.14. The van der Waals surface area contributed by atoms with Gasteiger partial charge in [-0.05, 0) is 31.5 Å². The minimum absolute atomic E-state index is 0.186. The molecular weight excluding hydrogens is 334 g/mol. The summed E-state index contributed by atoms with van der Waals surface area (Å²) in [5, 5.41) is 3.51. The molecule has 0 saturated carbocycles. The van der Waals surface area contributed by atoms with Crippen LogP contribution in [0.25, 0.3) is 0 Å². The van der Waals surface area contributed by atoms with Crippen LogP contribution in [0.5, 0.6) is 0 Å². The van der Waals surface area contributed by atoms with Crippen molar-refractivity contribution < 1.29 is 4.79 Å². The molecule has 134 valence electrons. The van der Waals surface area contributed by atoms with Gasteiger partial charge < -0.3 is 14.8 Å². The van der Waals surface area contributed by atoms with Gasteiger partial charge in [0.1, 0.15) is 5.82 Å². The molecule has 1 N–H and O–H groups in total. The minimum Gasteiger partial charge on any atom is -0.337 e. The number of piperazine rings is 1. The van der Waals surface area contributed by atoms with Gasteiger partial charge in [0.15, 0.2) is 0 Å². The molecule has 4 heterocycles. The third-order valence-corrected chi connectivity index (χ3v) is 6.37. The van der Waals surface area contributed by atoms with Gasteiger partial charge in [0, 0.05) is 56.5 Å². The maximum absolute atomic E-state index is 12.8. The van der Waals surface area contributed by atoms with E-state index in [9.17, 15) is 4.79 Å². The van der Waals surface area contributed by atoms with Crippen molar-refractivity contribution in [2.24, 2.45) is 7.05 Å². The highest BCUT2D eigenvalue weighted by Gasteiger charge is 2.25.